The fourth-order valence-electron chi connectivity index (χ4n) is 1.69. The molecule has 0 unspecified atom stereocenters. The fraction of sp³-hybridized carbons (Fsp3) is 0.556. The predicted octanol–water partition coefficient (Wildman–Crippen LogP) is 0.840. The molecule has 0 radical (unpaired) electrons. The molecule has 1 aliphatic heterocycles. The van der Waals surface area contributed by atoms with E-state index in [0.717, 1.165) is 25.9 Å². The van der Waals surface area contributed by atoms with Crippen LogP contribution in [0.1, 0.15) is 35.0 Å². The number of carboxylic acid groups (broad SMARTS) is 1. The molecule has 1 saturated heterocycles. The number of hydrogen-bond donors (Lipinski definition) is 2. The van der Waals surface area contributed by atoms with E-state index >= 15 is 0 Å². The molecule has 14 heavy (non-hydrogen) atoms. The van der Waals surface area contributed by atoms with Crippen LogP contribution >= 0.6 is 0 Å². The summed E-state index contributed by atoms with van der Waals surface area (Å²) in [6.45, 7) is 1.90. The summed E-state index contributed by atoms with van der Waals surface area (Å²) in [6, 6.07) is 1.53. The van der Waals surface area contributed by atoms with E-state index in [1.165, 1.54) is 6.07 Å². The average molecular weight is 196 g/mol. The summed E-state index contributed by atoms with van der Waals surface area (Å²) in [6.07, 6.45) is 1.96. The number of piperidine rings is 1. The molecule has 0 bridgehead atoms. The SMILES string of the molecule is O=C(O)c1cc(C2CCNCC2)on1. The van der Waals surface area contributed by atoms with Gasteiger partial charge in [0.15, 0.2) is 5.69 Å². The van der Waals surface area contributed by atoms with Crippen molar-refractivity contribution in [3.05, 3.63) is 17.5 Å². The van der Waals surface area contributed by atoms with Crippen molar-refractivity contribution >= 4 is 5.97 Å². The summed E-state index contributed by atoms with van der Waals surface area (Å²) in [5, 5.41) is 15.4. The molecule has 5 heteroatoms. The first-order chi connectivity index (χ1) is 6.77. The first kappa shape index (κ1) is 9.21. The van der Waals surface area contributed by atoms with Crippen molar-refractivity contribution in [1.29, 1.82) is 0 Å². The highest BCUT2D eigenvalue weighted by atomic mass is 16.5. The summed E-state index contributed by atoms with van der Waals surface area (Å²) >= 11 is 0. The average Bonchev–Trinajstić information content (AvgIpc) is 2.68. The summed E-state index contributed by atoms with van der Waals surface area (Å²) in [5.41, 5.74) is -0.00136. The Morgan fingerprint density at radius 3 is 2.86 bits per heavy atom. The lowest BCUT2D eigenvalue weighted by Crippen LogP contribution is -2.26. The van der Waals surface area contributed by atoms with Gasteiger partial charge >= 0.3 is 5.97 Å². The highest BCUT2D eigenvalue weighted by Crippen LogP contribution is 2.25. The zero-order valence-corrected chi connectivity index (χ0v) is 7.69. The van der Waals surface area contributed by atoms with Crippen LogP contribution in [-0.4, -0.2) is 29.3 Å². The van der Waals surface area contributed by atoms with E-state index in [2.05, 4.69) is 10.5 Å². The molecule has 0 amide bonds. The third kappa shape index (κ3) is 1.77. The second kappa shape index (κ2) is 3.79. The predicted molar refractivity (Wildman–Crippen MR) is 48.3 cm³/mol. The quantitative estimate of drug-likeness (QED) is 0.733. The molecule has 0 aliphatic carbocycles. The van der Waals surface area contributed by atoms with Gasteiger partial charge in [0.1, 0.15) is 5.76 Å². The molecule has 1 fully saturated rings. The van der Waals surface area contributed by atoms with Crippen molar-refractivity contribution < 1.29 is 14.4 Å². The van der Waals surface area contributed by atoms with Crippen molar-refractivity contribution in [3.63, 3.8) is 0 Å². The fourth-order valence-corrected chi connectivity index (χ4v) is 1.69. The lowest BCUT2D eigenvalue weighted by Gasteiger charge is -2.19. The number of hydrogen-bond acceptors (Lipinski definition) is 4. The number of carbonyl (C=O) groups is 1. The molecule has 0 saturated carbocycles. The molecule has 1 aromatic heterocycles. The number of rotatable bonds is 2. The Morgan fingerprint density at radius 2 is 2.29 bits per heavy atom. The molecule has 76 valence electrons. The third-order valence-electron chi connectivity index (χ3n) is 2.49. The van der Waals surface area contributed by atoms with Crippen LogP contribution in [-0.2, 0) is 0 Å². The Morgan fingerprint density at radius 1 is 1.57 bits per heavy atom. The van der Waals surface area contributed by atoms with E-state index < -0.39 is 5.97 Å². The lowest BCUT2D eigenvalue weighted by atomic mass is 9.95. The van der Waals surface area contributed by atoms with Gasteiger partial charge in [-0.05, 0) is 25.9 Å². The third-order valence-corrected chi connectivity index (χ3v) is 2.49. The smallest absolute Gasteiger partial charge is 0.358 e. The number of aromatic carboxylic acids is 1. The van der Waals surface area contributed by atoms with Gasteiger partial charge < -0.3 is 14.9 Å². The highest BCUT2D eigenvalue weighted by Gasteiger charge is 2.21. The van der Waals surface area contributed by atoms with Crippen molar-refractivity contribution in [2.24, 2.45) is 0 Å². The van der Waals surface area contributed by atoms with Gasteiger partial charge in [-0.25, -0.2) is 4.79 Å². The number of nitrogens with one attached hydrogen (secondary N) is 1. The molecule has 0 aromatic carbocycles. The second-order valence-electron chi connectivity index (χ2n) is 3.44. The summed E-state index contributed by atoms with van der Waals surface area (Å²) in [4.78, 5) is 10.6. The maximum atomic E-state index is 10.6. The van der Waals surface area contributed by atoms with Crippen LogP contribution < -0.4 is 5.32 Å². The van der Waals surface area contributed by atoms with Crippen LogP contribution in [0.2, 0.25) is 0 Å². The van der Waals surface area contributed by atoms with E-state index in [4.69, 9.17) is 9.63 Å². The molecule has 5 nitrogen and oxygen atoms in total. The molecule has 2 heterocycles. The first-order valence-electron chi connectivity index (χ1n) is 4.68. The topological polar surface area (TPSA) is 75.4 Å². The Labute approximate surface area is 81.1 Å². The van der Waals surface area contributed by atoms with Gasteiger partial charge in [-0.2, -0.15) is 0 Å². The zero-order chi connectivity index (χ0) is 9.97. The Hall–Kier alpha value is -1.36. The van der Waals surface area contributed by atoms with E-state index in [-0.39, 0.29) is 5.69 Å². The van der Waals surface area contributed by atoms with Crippen LogP contribution in [0.4, 0.5) is 0 Å². The summed E-state index contributed by atoms with van der Waals surface area (Å²) in [5.74, 6) is -0.0188. The van der Waals surface area contributed by atoms with E-state index in [0.29, 0.717) is 11.7 Å². The van der Waals surface area contributed by atoms with Crippen LogP contribution in [0.5, 0.6) is 0 Å². The van der Waals surface area contributed by atoms with Gasteiger partial charge in [-0.1, -0.05) is 5.16 Å². The standard InChI is InChI=1S/C9H12N2O3/c12-9(13)7-5-8(14-11-7)6-1-3-10-4-2-6/h5-6,10H,1-4H2,(H,12,13). The van der Waals surface area contributed by atoms with Gasteiger partial charge in [-0.15, -0.1) is 0 Å². The van der Waals surface area contributed by atoms with E-state index in [1.54, 1.807) is 0 Å². The van der Waals surface area contributed by atoms with Crippen molar-refractivity contribution in [3.8, 4) is 0 Å². The second-order valence-corrected chi connectivity index (χ2v) is 3.44. The van der Waals surface area contributed by atoms with E-state index in [1.807, 2.05) is 0 Å². The summed E-state index contributed by atoms with van der Waals surface area (Å²) in [7, 11) is 0. The van der Waals surface area contributed by atoms with Crippen LogP contribution in [0.15, 0.2) is 10.6 Å². The molecule has 1 aromatic rings. The Kier molecular flexibility index (Phi) is 2.49. The molecular weight excluding hydrogens is 184 g/mol. The van der Waals surface area contributed by atoms with Crippen LogP contribution in [0.25, 0.3) is 0 Å². The van der Waals surface area contributed by atoms with Crippen LogP contribution in [0, 0.1) is 0 Å². The highest BCUT2D eigenvalue weighted by molar-refractivity contribution is 5.85. The minimum absolute atomic E-state index is 0.00136. The molecule has 1 aliphatic rings. The van der Waals surface area contributed by atoms with Crippen molar-refractivity contribution in [1.82, 2.24) is 10.5 Å². The maximum absolute atomic E-state index is 10.6. The Balaban J connectivity index is 2.11. The Bertz CT molecular complexity index is 329. The van der Waals surface area contributed by atoms with Gasteiger partial charge in [0, 0.05) is 12.0 Å². The summed E-state index contributed by atoms with van der Waals surface area (Å²) < 4.78 is 5.01. The van der Waals surface area contributed by atoms with Gasteiger partial charge in [-0.3, -0.25) is 0 Å². The maximum Gasteiger partial charge on any atom is 0.358 e. The first-order valence-corrected chi connectivity index (χ1v) is 4.68. The van der Waals surface area contributed by atoms with Crippen LogP contribution in [0.3, 0.4) is 0 Å². The van der Waals surface area contributed by atoms with E-state index in [9.17, 15) is 4.79 Å². The normalized spacial score (nSPS) is 18.3. The number of carboxylic acids is 1. The molecule has 0 atom stereocenters. The minimum Gasteiger partial charge on any atom is -0.476 e. The van der Waals surface area contributed by atoms with Crippen molar-refractivity contribution in [2.75, 3.05) is 13.1 Å². The van der Waals surface area contributed by atoms with Gasteiger partial charge in [0.2, 0.25) is 0 Å². The molecular formula is C9H12N2O3. The molecule has 0 spiro atoms. The van der Waals surface area contributed by atoms with Gasteiger partial charge in [0.25, 0.3) is 0 Å². The monoisotopic (exact) mass is 196 g/mol. The number of aromatic nitrogens is 1. The molecule has 2 N–H and O–H groups in total. The molecule has 2 rings (SSSR count). The zero-order valence-electron chi connectivity index (χ0n) is 7.69. The lowest BCUT2D eigenvalue weighted by molar-refractivity contribution is 0.0685. The van der Waals surface area contributed by atoms with Crippen molar-refractivity contribution in [2.45, 2.75) is 18.8 Å². The largest absolute Gasteiger partial charge is 0.476 e. The number of nitrogens with zero attached hydrogens (tertiary/aromatic N) is 1. The van der Waals surface area contributed by atoms with Gasteiger partial charge in [0.05, 0.1) is 0 Å². The minimum atomic E-state index is -1.03.